The van der Waals surface area contributed by atoms with E-state index in [9.17, 15) is 0 Å². The van der Waals surface area contributed by atoms with Crippen molar-refractivity contribution in [2.24, 2.45) is 17.6 Å². The van der Waals surface area contributed by atoms with Crippen molar-refractivity contribution in [1.29, 1.82) is 0 Å². The maximum Gasteiger partial charge on any atom is 0.0396 e. The fourth-order valence-electron chi connectivity index (χ4n) is 3.01. The Morgan fingerprint density at radius 1 is 1.28 bits per heavy atom. The van der Waals surface area contributed by atoms with Gasteiger partial charge in [0.05, 0.1) is 0 Å². The average Bonchev–Trinajstić information content (AvgIpc) is 2.38. The Bertz CT molecular complexity index is 390. The van der Waals surface area contributed by atoms with Crippen LogP contribution in [-0.4, -0.2) is 13.1 Å². The lowest BCUT2D eigenvalue weighted by atomic mass is 9.86. The zero-order chi connectivity index (χ0) is 13.1. The van der Waals surface area contributed by atoms with Crippen molar-refractivity contribution in [3.05, 3.63) is 29.3 Å². The molecule has 0 saturated carbocycles. The molecule has 0 aliphatic carbocycles. The van der Waals surface area contributed by atoms with Crippen LogP contribution in [0.2, 0.25) is 0 Å². The third kappa shape index (κ3) is 2.86. The SMILES string of the molecule is Cc1cc(CN)ccc1N1CCC(C(C)C)CC1. The molecule has 100 valence electrons. The van der Waals surface area contributed by atoms with Crippen LogP contribution < -0.4 is 10.6 Å². The van der Waals surface area contributed by atoms with E-state index in [1.807, 2.05) is 0 Å². The number of nitrogens with zero attached hydrogens (tertiary/aromatic N) is 1. The van der Waals surface area contributed by atoms with E-state index in [1.165, 1.54) is 42.7 Å². The van der Waals surface area contributed by atoms with Gasteiger partial charge in [-0.15, -0.1) is 0 Å². The standard InChI is InChI=1S/C16H26N2/c1-12(2)15-6-8-18(9-7-15)16-5-4-14(11-17)10-13(16)3/h4-5,10,12,15H,6-9,11,17H2,1-3H3. The molecule has 0 spiro atoms. The fourth-order valence-corrected chi connectivity index (χ4v) is 3.01. The summed E-state index contributed by atoms with van der Waals surface area (Å²) in [6, 6.07) is 6.63. The van der Waals surface area contributed by atoms with E-state index in [1.54, 1.807) is 0 Å². The highest BCUT2D eigenvalue weighted by Crippen LogP contribution is 2.29. The van der Waals surface area contributed by atoms with E-state index in [0.717, 1.165) is 11.8 Å². The summed E-state index contributed by atoms with van der Waals surface area (Å²) in [5, 5.41) is 0. The highest BCUT2D eigenvalue weighted by atomic mass is 15.1. The number of nitrogens with two attached hydrogens (primary N) is 1. The molecule has 2 heteroatoms. The molecule has 0 unspecified atom stereocenters. The van der Waals surface area contributed by atoms with Gasteiger partial charge >= 0.3 is 0 Å². The van der Waals surface area contributed by atoms with Crippen molar-refractivity contribution in [2.75, 3.05) is 18.0 Å². The minimum Gasteiger partial charge on any atom is -0.371 e. The van der Waals surface area contributed by atoms with Crippen LogP contribution in [0.15, 0.2) is 18.2 Å². The van der Waals surface area contributed by atoms with Crippen molar-refractivity contribution in [1.82, 2.24) is 0 Å². The number of anilines is 1. The number of benzene rings is 1. The van der Waals surface area contributed by atoms with E-state index in [2.05, 4.69) is 43.9 Å². The topological polar surface area (TPSA) is 29.3 Å². The monoisotopic (exact) mass is 246 g/mol. The summed E-state index contributed by atoms with van der Waals surface area (Å²) in [6.07, 6.45) is 2.66. The second-order valence-corrected chi connectivity index (χ2v) is 5.89. The van der Waals surface area contributed by atoms with Gasteiger partial charge in [-0.25, -0.2) is 0 Å². The third-order valence-corrected chi connectivity index (χ3v) is 4.32. The Balaban J connectivity index is 2.05. The van der Waals surface area contributed by atoms with E-state index in [-0.39, 0.29) is 0 Å². The Hall–Kier alpha value is -1.02. The molecule has 1 aromatic carbocycles. The highest BCUT2D eigenvalue weighted by molar-refractivity contribution is 5.54. The molecule has 0 amide bonds. The van der Waals surface area contributed by atoms with Crippen molar-refractivity contribution >= 4 is 5.69 Å². The maximum absolute atomic E-state index is 5.69. The quantitative estimate of drug-likeness (QED) is 0.886. The van der Waals surface area contributed by atoms with Gasteiger partial charge in [0.2, 0.25) is 0 Å². The third-order valence-electron chi connectivity index (χ3n) is 4.32. The van der Waals surface area contributed by atoms with Crippen LogP contribution in [0.3, 0.4) is 0 Å². The van der Waals surface area contributed by atoms with Gasteiger partial charge in [0.15, 0.2) is 0 Å². The molecule has 1 fully saturated rings. The zero-order valence-electron chi connectivity index (χ0n) is 11.9. The largest absolute Gasteiger partial charge is 0.371 e. The van der Waals surface area contributed by atoms with Crippen LogP contribution in [0.25, 0.3) is 0 Å². The van der Waals surface area contributed by atoms with Crippen LogP contribution in [0.5, 0.6) is 0 Å². The van der Waals surface area contributed by atoms with Gasteiger partial charge in [-0.2, -0.15) is 0 Å². The number of rotatable bonds is 3. The Morgan fingerprint density at radius 2 is 1.94 bits per heavy atom. The van der Waals surface area contributed by atoms with Gasteiger partial charge < -0.3 is 10.6 Å². The van der Waals surface area contributed by atoms with Crippen molar-refractivity contribution in [2.45, 2.75) is 40.2 Å². The molecule has 0 aromatic heterocycles. The molecular formula is C16H26N2. The van der Waals surface area contributed by atoms with Gasteiger partial charge in [0, 0.05) is 25.3 Å². The van der Waals surface area contributed by atoms with Gasteiger partial charge in [-0.05, 0) is 48.8 Å². The maximum atomic E-state index is 5.69. The number of hydrogen-bond acceptors (Lipinski definition) is 2. The Morgan fingerprint density at radius 3 is 2.44 bits per heavy atom. The summed E-state index contributed by atoms with van der Waals surface area (Å²) < 4.78 is 0. The summed E-state index contributed by atoms with van der Waals surface area (Å²) in [5.41, 5.74) is 9.67. The lowest BCUT2D eigenvalue weighted by Crippen LogP contribution is -2.35. The van der Waals surface area contributed by atoms with Gasteiger partial charge in [-0.1, -0.05) is 26.0 Å². The Kier molecular flexibility index (Phi) is 4.28. The minimum absolute atomic E-state index is 0.635. The molecule has 1 heterocycles. The summed E-state index contributed by atoms with van der Waals surface area (Å²) in [6.45, 7) is 9.93. The molecule has 2 nitrogen and oxygen atoms in total. The first-order chi connectivity index (χ1) is 8.61. The smallest absolute Gasteiger partial charge is 0.0396 e. The number of aryl methyl sites for hydroxylation is 1. The average molecular weight is 246 g/mol. The molecule has 2 N–H and O–H groups in total. The molecule has 1 aliphatic rings. The van der Waals surface area contributed by atoms with E-state index < -0.39 is 0 Å². The first kappa shape index (κ1) is 13.4. The van der Waals surface area contributed by atoms with E-state index >= 15 is 0 Å². The van der Waals surface area contributed by atoms with Crippen LogP contribution in [0.4, 0.5) is 5.69 Å². The molecule has 0 atom stereocenters. The van der Waals surface area contributed by atoms with Crippen LogP contribution in [-0.2, 0) is 6.54 Å². The summed E-state index contributed by atoms with van der Waals surface area (Å²) >= 11 is 0. The Labute approximate surface area is 111 Å². The van der Waals surface area contributed by atoms with Crippen molar-refractivity contribution < 1.29 is 0 Å². The van der Waals surface area contributed by atoms with Gasteiger partial charge in [0.25, 0.3) is 0 Å². The fraction of sp³-hybridized carbons (Fsp3) is 0.625. The minimum atomic E-state index is 0.635. The molecule has 18 heavy (non-hydrogen) atoms. The van der Waals surface area contributed by atoms with E-state index in [0.29, 0.717) is 6.54 Å². The molecule has 1 aliphatic heterocycles. The van der Waals surface area contributed by atoms with Crippen LogP contribution in [0, 0.1) is 18.8 Å². The summed E-state index contributed by atoms with van der Waals surface area (Å²) in [5.74, 6) is 1.73. The van der Waals surface area contributed by atoms with Crippen molar-refractivity contribution in [3.8, 4) is 0 Å². The molecule has 0 bridgehead atoms. The predicted molar refractivity (Wildman–Crippen MR) is 78.8 cm³/mol. The molecule has 0 radical (unpaired) electrons. The number of piperidine rings is 1. The predicted octanol–water partition coefficient (Wildman–Crippen LogP) is 3.33. The lowest BCUT2D eigenvalue weighted by molar-refractivity contribution is 0.311. The number of hydrogen-bond donors (Lipinski definition) is 1. The van der Waals surface area contributed by atoms with Crippen LogP contribution in [0.1, 0.15) is 37.8 Å². The molecule has 1 aromatic rings. The lowest BCUT2D eigenvalue weighted by Gasteiger charge is -2.36. The zero-order valence-corrected chi connectivity index (χ0v) is 11.9. The molecular weight excluding hydrogens is 220 g/mol. The van der Waals surface area contributed by atoms with Crippen molar-refractivity contribution in [3.63, 3.8) is 0 Å². The first-order valence-corrected chi connectivity index (χ1v) is 7.16. The summed E-state index contributed by atoms with van der Waals surface area (Å²) in [7, 11) is 0. The molecule has 1 saturated heterocycles. The normalized spacial score (nSPS) is 17.5. The van der Waals surface area contributed by atoms with E-state index in [4.69, 9.17) is 5.73 Å². The van der Waals surface area contributed by atoms with Crippen LogP contribution >= 0.6 is 0 Å². The van der Waals surface area contributed by atoms with Gasteiger partial charge in [-0.3, -0.25) is 0 Å². The first-order valence-electron chi connectivity index (χ1n) is 7.16. The van der Waals surface area contributed by atoms with Gasteiger partial charge in [0.1, 0.15) is 0 Å². The second-order valence-electron chi connectivity index (χ2n) is 5.89. The molecule has 2 rings (SSSR count). The second kappa shape index (κ2) is 5.75. The highest BCUT2D eigenvalue weighted by Gasteiger charge is 2.22. The summed E-state index contributed by atoms with van der Waals surface area (Å²) in [4.78, 5) is 2.54.